The largest absolute Gasteiger partial charge is 0.726 e. The molecule has 0 saturated heterocycles. The average Bonchev–Trinajstić information content (AvgIpc) is 1.97. The highest BCUT2D eigenvalue weighted by atomic mass is 32.3. The summed E-state index contributed by atoms with van der Waals surface area (Å²) >= 11 is 0. The second kappa shape index (κ2) is 9.75. The summed E-state index contributed by atoms with van der Waals surface area (Å²) in [6.45, 7) is 6.24. The van der Waals surface area contributed by atoms with Crippen molar-refractivity contribution < 1.29 is 32.3 Å². The predicted molar refractivity (Wildman–Crippen MR) is 61.3 cm³/mol. The summed E-state index contributed by atoms with van der Waals surface area (Å²) in [5, 5.41) is 17.9. The standard InChI is InChI=1S/C7H17NO2.C2H6O4S/c1-6(9)4-8(3)5-7(2)10;1-2-6-7(3,4)5/h6-7,9-10H,4-5H2,1-3H3;2H2,1H3,(H,3,4,5). The Bertz CT molecular complexity index is 255. The van der Waals surface area contributed by atoms with Crippen LogP contribution in [0.25, 0.3) is 0 Å². The molecule has 0 aliphatic heterocycles. The molecule has 7 nitrogen and oxygen atoms in total. The second-order valence-electron chi connectivity index (χ2n) is 3.88. The van der Waals surface area contributed by atoms with E-state index in [1.54, 1.807) is 13.8 Å². The number of aliphatic hydroxyl groups excluding tert-OH is 2. The topological polar surface area (TPSA) is 111 Å². The summed E-state index contributed by atoms with van der Waals surface area (Å²) in [4.78, 5) is 1.16. The van der Waals surface area contributed by atoms with Crippen LogP contribution < -0.4 is 4.90 Å². The van der Waals surface area contributed by atoms with Gasteiger partial charge >= 0.3 is 0 Å². The van der Waals surface area contributed by atoms with Crippen LogP contribution in [0.5, 0.6) is 0 Å². The minimum Gasteiger partial charge on any atom is -0.726 e. The molecular formula is C9H23NO6S. The SMILES string of the molecule is CC(O)C[NH+](C)CC(C)O.CCOS(=O)(=O)[O-]. The van der Waals surface area contributed by atoms with Crippen molar-refractivity contribution >= 4 is 10.4 Å². The van der Waals surface area contributed by atoms with Crippen molar-refractivity contribution in [2.45, 2.75) is 33.0 Å². The third kappa shape index (κ3) is 21.6. The highest BCUT2D eigenvalue weighted by molar-refractivity contribution is 7.80. The molecule has 0 bridgehead atoms. The third-order valence-corrected chi connectivity index (χ3v) is 2.07. The summed E-state index contributed by atoms with van der Waals surface area (Å²) < 4.78 is 32.0. The van der Waals surface area contributed by atoms with E-state index >= 15 is 0 Å². The molecule has 3 N–H and O–H groups in total. The van der Waals surface area contributed by atoms with Gasteiger partial charge in [-0.15, -0.1) is 0 Å². The molecule has 0 aromatic rings. The molecule has 0 radical (unpaired) electrons. The Balaban J connectivity index is 0. The number of nitrogens with one attached hydrogen (secondary N) is 1. The van der Waals surface area contributed by atoms with Crippen molar-refractivity contribution in [3.05, 3.63) is 0 Å². The van der Waals surface area contributed by atoms with E-state index in [0.717, 1.165) is 4.90 Å². The molecule has 2 unspecified atom stereocenters. The Labute approximate surface area is 103 Å². The monoisotopic (exact) mass is 273 g/mol. The van der Waals surface area contributed by atoms with Gasteiger partial charge in [0.15, 0.2) is 0 Å². The van der Waals surface area contributed by atoms with Crippen LogP contribution in [-0.2, 0) is 14.6 Å². The lowest BCUT2D eigenvalue weighted by atomic mass is 10.3. The Kier molecular flexibility index (Phi) is 10.9. The van der Waals surface area contributed by atoms with Crippen LogP contribution in [0.4, 0.5) is 0 Å². The lowest BCUT2D eigenvalue weighted by Gasteiger charge is -2.16. The van der Waals surface area contributed by atoms with Gasteiger partial charge in [0.05, 0.1) is 13.7 Å². The molecule has 0 amide bonds. The maximum atomic E-state index is 9.45. The Morgan fingerprint density at radius 1 is 1.24 bits per heavy atom. The second-order valence-corrected chi connectivity index (χ2v) is 4.93. The molecule has 8 heteroatoms. The molecular weight excluding hydrogens is 250 g/mol. The van der Waals surface area contributed by atoms with Gasteiger partial charge in [0.25, 0.3) is 0 Å². The minimum absolute atomic E-state index is 0.0914. The van der Waals surface area contributed by atoms with Crippen molar-refractivity contribution in [1.29, 1.82) is 0 Å². The molecule has 17 heavy (non-hydrogen) atoms. The smallest absolute Gasteiger partial charge is 0.217 e. The van der Waals surface area contributed by atoms with Crippen LogP contribution in [-0.4, -0.2) is 62.1 Å². The lowest BCUT2D eigenvalue weighted by molar-refractivity contribution is -0.885. The predicted octanol–water partition coefficient (Wildman–Crippen LogP) is -2.25. The van der Waals surface area contributed by atoms with Gasteiger partial charge < -0.3 is 19.7 Å². The molecule has 0 spiro atoms. The Morgan fingerprint density at radius 2 is 1.59 bits per heavy atom. The van der Waals surface area contributed by atoms with E-state index in [2.05, 4.69) is 4.18 Å². The van der Waals surface area contributed by atoms with Crippen molar-refractivity contribution in [3.8, 4) is 0 Å². The van der Waals surface area contributed by atoms with Crippen LogP contribution in [0.1, 0.15) is 20.8 Å². The number of aliphatic hydroxyl groups is 2. The first kappa shape index (κ1) is 19.1. The van der Waals surface area contributed by atoms with E-state index in [1.807, 2.05) is 7.05 Å². The maximum Gasteiger partial charge on any atom is 0.217 e. The van der Waals surface area contributed by atoms with E-state index in [1.165, 1.54) is 6.92 Å². The summed E-state index contributed by atoms with van der Waals surface area (Å²) in [6.07, 6.45) is -0.558. The van der Waals surface area contributed by atoms with Crippen molar-refractivity contribution in [1.82, 2.24) is 0 Å². The normalized spacial score (nSPS) is 16.6. The van der Waals surface area contributed by atoms with Crippen LogP contribution in [0.3, 0.4) is 0 Å². The van der Waals surface area contributed by atoms with E-state index < -0.39 is 10.4 Å². The molecule has 0 aliphatic carbocycles. The van der Waals surface area contributed by atoms with Crippen LogP contribution >= 0.6 is 0 Å². The highest BCUT2D eigenvalue weighted by Crippen LogP contribution is 1.80. The van der Waals surface area contributed by atoms with E-state index in [0.29, 0.717) is 13.1 Å². The molecule has 0 rings (SSSR count). The lowest BCUT2D eigenvalue weighted by Crippen LogP contribution is -3.11. The van der Waals surface area contributed by atoms with Gasteiger partial charge in [-0.2, -0.15) is 0 Å². The van der Waals surface area contributed by atoms with Crippen LogP contribution in [0, 0.1) is 0 Å². The highest BCUT2D eigenvalue weighted by Gasteiger charge is 2.08. The fraction of sp³-hybridized carbons (Fsp3) is 1.00. The zero-order valence-electron chi connectivity index (χ0n) is 10.7. The Hall–Kier alpha value is -0.250. The maximum absolute atomic E-state index is 9.45. The summed E-state index contributed by atoms with van der Waals surface area (Å²) in [5.74, 6) is 0. The van der Waals surface area contributed by atoms with Gasteiger partial charge in [-0.3, -0.25) is 4.18 Å². The van der Waals surface area contributed by atoms with E-state index in [-0.39, 0.29) is 18.8 Å². The van der Waals surface area contributed by atoms with E-state index in [4.69, 9.17) is 10.2 Å². The summed E-state index contributed by atoms with van der Waals surface area (Å²) in [7, 11) is -2.47. The quantitative estimate of drug-likeness (QED) is 0.372. The van der Waals surface area contributed by atoms with Gasteiger partial charge in [0.1, 0.15) is 25.3 Å². The first-order valence-corrected chi connectivity index (χ1v) is 6.69. The van der Waals surface area contributed by atoms with Gasteiger partial charge in [0.2, 0.25) is 10.4 Å². The molecule has 0 heterocycles. The summed E-state index contributed by atoms with van der Waals surface area (Å²) in [6, 6.07) is 0. The average molecular weight is 273 g/mol. The fourth-order valence-electron chi connectivity index (χ4n) is 1.24. The molecule has 0 aromatic carbocycles. The summed E-state index contributed by atoms with van der Waals surface area (Å²) in [5.41, 5.74) is 0. The first-order chi connectivity index (χ1) is 7.58. The van der Waals surface area contributed by atoms with Gasteiger partial charge in [0, 0.05) is 0 Å². The zero-order chi connectivity index (χ0) is 14.1. The van der Waals surface area contributed by atoms with Gasteiger partial charge in [-0.05, 0) is 20.8 Å². The molecule has 0 aromatic heterocycles. The van der Waals surface area contributed by atoms with Crippen LogP contribution in [0.15, 0.2) is 0 Å². The molecule has 0 fully saturated rings. The Morgan fingerprint density at radius 3 is 1.71 bits per heavy atom. The molecule has 0 aliphatic rings. The number of rotatable bonds is 6. The molecule has 106 valence electrons. The minimum atomic E-state index is -4.42. The first-order valence-electron chi connectivity index (χ1n) is 5.36. The zero-order valence-corrected chi connectivity index (χ0v) is 11.5. The number of hydrogen-bond donors (Lipinski definition) is 3. The van der Waals surface area contributed by atoms with Crippen molar-refractivity contribution in [2.24, 2.45) is 0 Å². The number of likely N-dealkylation sites (N-methyl/N-ethyl adjacent to an activating group) is 1. The number of quaternary nitrogens is 1. The van der Waals surface area contributed by atoms with Crippen LogP contribution in [0.2, 0.25) is 0 Å². The molecule has 2 atom stereocenters. The third-order valence-electron chi connectivity index (χ3n) is 1.55. The van der Waals surface area contributed by atoms with Crippen molar-refractivity contribution in [3.63, 3.8) is 0 Å². The number of hydrogen-bond acceptors (Lipinski definition) is 6. The van der Waals surface area contributed by atoms with Gasteiger partial charge in [-0.25, -0.2) is 8.42 Å². The van der Waals surface area contributed by atoms with E-state index in [9.17, 15) is 13.0 Å². The fourth-order valence-corrected chi connectivity index (χ4v) is 1.52. The van der Waals surface area contributed by atoms with Gasteiger partial charge in [-0.1, -0.05) is 0 Å². The molecule has 0 saturated carbocycles. The van der Waals surface area contributed by atoms with Crippen molar-refractivity contribution in [2.75, 3.05) is 26.7 Å².